The highest BCUT2D eigenvalue weighted by atomic mass is 127. The molecular weight excluding hydrogens is 479 g/mol. The van der Waals surface area contributed by atoms with Crippen LogP contribution in [0.25, 0.3) is 0 Å². The number of carbonyl (C=O) groups is 1. The van der Waals surface area contributed by atoms with Gasteiger partial charge >= 0.3 is 0 Å². The molecule has 0 heterocycles. The van der Waals surface area contributed by atoms with Gasteiger partial charge in [-0.3, -0.25) is 9.79 Å². The lowest BCUT2D eigenvalue weighted by Gasteiger charge is -2.12. The van der Waals surface area contributed by atoms with Crippen LogP contribution in [-0.4, -0.2) is 45.2 Å². The smallest absolute Gasteiger partial charge is 0.251 e. The molecule has 0 atom stereocenters. The maximum Gasteiger partial charge on any atom is 0.251 e. The van der Waals surface area contributed by atoms with Gasteiger partial charge in [0.15, 0.2) is 5.96 Å². The summed E-state index contributed by atoms with van der Waals surface area (Å²) in [4.78, 5) is 16.3. The van der Waals surface area contributed by atoms with Crippen molar-refractivity contribution in [2.75, 3.05) is 33.3 Å². The van der Waals surface area contributed by atoms with Gasteiger partial charge < -0.3 is 20.7 Å². The molecule has 29 heavy (non-hydrogen) atoms. The Hall–Kier alpha value is -2.29. The minimum Gasteiger partial charge on any atom is -0.492 e. The lowest BCUT2D eigenvalue weighted by molar-refractivity contribution is 0.0963. The van der Waals surface area contributed by atoms with Crippen LogP contribution < -0.4 is 20.7 Å². The van der Waals surface area contributed by atoms with Crippen LogP contribution >= 0.6 is 24.0 Å². The zero-order chi connectivity index (χ0) is 20.2. The van der Waals surface area contributed by atoms with Crippen LogP contribution in [-0.2, 0) is 6.42 Å². The summed E-state index contributed by atoms with van der Waals surface area (Å²) < 4.78 is 5.73. The second-order valence-corrected chi connectivity index (χ2v) is 6.38. The van der Waals surface area contributed by atoms with Gasteiger partial charge in [0.2, 0.25) is 0 Å². The first-order valence-electron chi connectivity index (χ1n) is 9.65. The molecule has 2 aromatic carbocycles. The van der Waals surface area contributed by atoms with Gasteiger partial charge in [0.1, 0.15) is 12.4 Å². The Morgan fingerprint density at radius 1 is 1.10 bits per heavy atom. The van der Waals surface area contributed by atoms with E-state index in [1.165, 1.54) is 5.56 Å². The molecule has 158 valence electrons. The number of nitrogens with zero attached hydrogens (tertiary/aromatic N) is 1. The number of nitrogens with one attached hydrogen (secondary N) is 3. The monoisotopic (exact) mass is 510 g/mol. The van der Waals surface area contributed by atoms with E-state index in [1.54, 1.807) is 7.05 Å². The predicted octanol–water partition coefficient (Wildman–Crippen LogP) is 3.15. The number of carbonyl (C=O) groups excluding carboxylic acids is 1. The van der Waals surface area contributed by atoms with Crippen LogP contribution in [0, 0.1) is 6.92 Å². The highest BCUT2D eigenvalue weighted by Crippen LogP contribution is 2.10. The average Bonchev–Trinajstić information content (AvgIpc) is 2.72. The number of hydrogen-bond acceptors (Lipinski definition) is 3. The molecule has 0 radical (unpaired) electrons. The van der Waals surface area contributed by atoms with Crippen molar-refractivity contribution in [3.05, 3.63) is 65.2 Å². The van der Waals surface area contributed by atoms with Crippen molar-refractivity contribution in [1.82, 2.24) is 16.0 Å². The topological polar surface area (TPSA) is 74.8 Å². The number of ether oxygens (including phenoxy) is 1. The van der Waals surface area contributed by atoms with Crippen LogP contribution in [0.5, 0.6) is 5.75 Å². The number of hydrogen-bond donors (Lipinski definition) is 3. The molecule has 0 saturated heterocycles. The fourth-order valence-corrected chi connectivity index (χ4v) is 2.62. The highest BCUT2D eigenvalue weighted by molar-refractivity contribution is 14.0. The van der Waals surface area contributed by atoms with Crippen molar-refractivity contribution in [3.8, 4) is 5.75 Å². The average molecular weight is 510 g/mol. The molecule has 0 spiro atoms. The number of aliphatic imine (C=N–C) groups is 1. The molecule has 1 amide bonds. The summed E-state index contributed by atoms with van der Waals surface area (Å²) in [5.41, 5.74) is 2.97. The Morgan fingerprint density at radius 3 is 2.55 bits per heavy atom. The zero-order valence-electron chi connectivity index (χ0n) is 17.3. The molecule has 0 fully saturated rings. The zero-order valence-corrected chi connectivity index (χ0v) is 19.7. The second-order valence-electron chi connectivity index (χ2n) is 6.38. The van der Waals surface area contributed by atoms with Gasteiger partial charge in [-0.1, -0.05) is 29.8 Å². The molecule has 7 heteroatoms. The van der Waals surface area contributed by atoms with E-state index in [0.29, 0.717) is 25.3 Å². The van der Waals surface area contributed by atoms with Crippen molar-refractivity contribution in [1.29, 1.82) is 0 Å². The fraction of sp³-hybridized carbons (Fsp3) is 0.364. The highest BCUT2D eigenvalue weighted by Gasteiger charge is 2.04. The minimum absolute atomic E-state index is 0. The van der Waals surface area contributed by atoms with Gasteiger partial charge in [-0.15, -0.1) is 24.0 Å². The molecule has 0 unspecified atom stereocenters. The molecule has 6 nitrogen and oxygen atoms in total. The largest absolute Gasteiger partial charge is 0.492 e. The third-order valence-electron chi connectivity index (χ3n) is 4.12. The molecule has 0 bridgehead atoms. The summed E-state index contributed by atoms with van der Waals surface area (Å²) >= 11 is 0. The molecule has 2 aromatic rings. The van der Waals surface area contributed by atoms with Gasteiger partial charge in [0.05, 0.1) is 6.54 Å². The Morgan fingerprint density at radius 2 is 1.86 bits per heavy atom. The Labute approximate surface area is 190 Å². The summed E-state index contributed by atoms with van der Waals surface area (Å²) in [6.07, 6.45) is 0.765. The first-order chi connectivity index (χ1) is 13.6. The van der Waals surface area contributed by atoms with Crippen molar-refractivity contribution in [2.24, 2.45) is 4.99 Å². The van der Waals surface area contributed by atoms with Crippen molar-refractivity contribution < 1.29 is 9.53 Å². The Balaban J connectivity index is 0.00000420. The van der Waals surface area contributed by atoms with Crippen LogP contribution in [0.2, 0.25) is 0 Å². The van der Waals surface area contributed by atoms with Crippen LogP contribution in [0.1, 0.15) is 28.4 Å². The van der Waals surface area contributed by atoms with Gasteiger partial charge in [-0.25, -0.2) is 0 Å². The maximum atomic E-state index is 11.7. The van der Waals surface area contributed by atoms with Crippen molar-refractivity contribution in [2.45, 2.75) is 20.3 Å². The van der Waals surface area contributed by atoms with E-state index in [4.69, 9.17) is 4.74 Å². The van der Waals surface area contributed by atoms with Crippen LogP contribution in [0.15, 0.2) is 53.5 Å². The lowest BCUT2D eigenvalue weighted by Crippen LogP contribution is -2.39. The number of guanidine groups is 1. The molecule has 0 aromatic heterocycles. The maximum absolute atomic E-state index is 11.7. The van der Waals surface area contributed by atoms with Crippen LogP contribution in [0.3, 0.4) is 0 Å². The van der Waals surface area contributed by atoms with E-state index >= 15 is 0 Å². The van der Waals surface area contributed by atoms with E-state index in [1.807, 2.05) is 55.5 Å². The summed E-state index contributed by atoms with van der Waals surface area (Å²) in [5.74, 6) is 1.55. The minimum atomic E-state index is -0.0751. The third kappa shape index (κ3) is 9.17. The summed E-state index contributed by atoms with van der Waals surface area (Å²) in [6, 6.07) is 15.6. The SMILES string of the molecule is CCNC(=NCCc1cccc(C(=O)NC)c1)NCCOc1ccc(C)cc1.I. The predicted molar refractivity (Wildman–Crippen MR) is 130 cm³/mol. The molecule has 0 aliphatic heterocycles. The second kappa shape index (κ2) is 13.8. The van der Waals surface area contributed by atoms with E-state index in [-0.39, 0.29) is 29.9 Å². The van der Waals surface area contributed by atoms with E-state index in [2.05, 4.69) is 27.9 Å². The molecule has 3 N–H and O–H groups in total. The van der Waals surface area contributed by atoms with Gasteiger partial charge in [0.25, 0.3) is 5.91 Å². The number of rotatable bonds is 9. The number of halogens is 1. The Kier molecular flexibility index (Phi) is 11.8. The number of benzene rings is 2. The first-order valence-corrected chi connectivity index (χ1v) is 9.65. The lowest BCUT2D eigenvalue weighted by atomic mass is 10.1. The molecule has 2 rings (SSSR count). The first kappa shape index (κ1) is 24.7. The fourth-order valence-electron chi connectivity index (χ4n) is 2.62. The molecule has 0 aliphatic rings. The van der Waals surface area contributed by atoms with Gasteiger partial charge in [-0.2, -0.15) is 0 Å². The van der Waals surface area contributed by atoms with Crippen LogP contribution in [0.4, 0.5) is 0 Å². The van der Waals surface area contributed by atoms with E-state index < -0.39 is 0 Å². The third-order valence-corrected chi connectivity index (χ3v) is 4.12. The number of aryl methyl sites for hydroxylation is 1. The molecule has 0 saturated carbocycles. The summed E-state index contributed by atoms with van der Waals surface area (Å²) in [5, 5.41) is 9.15. The van der Waals surface area contributed by atoms with Crippen molar-refractivity contribution >= 4 is 35.8 Å². The standard InChI is InChI=1S/C22H30N4O2.HI/c1-4-24-22(26-14-15-28-20-10-8-17(2)9-11-20)25-13-12-18-6-5-7-19(16-18)21(27)23-3;/h5-11,16H,4,12-15H2,1-3H3,(H,23,27)(H2,24,25,26);1H. The Bertz CT molecular complexity index is 779. The summed E-state index contributed by atoms with van der Waals surface area (Å²) in [6.45, 7) is 6.72. The van der Waals surface area contributed by atoms with Gasteiger partial charge in [-0.05, 0) is 50.1 Å². The quantitative estimate of drug-likeness (QED) is 0.210. The molecule has 0 aliphatic carbocycles. The normalized spacial score (nSPS) is 10.7. The van der Waals surface area contributed by atoms with E-state index in [9.17, 15) is 4.79 Å². The van der Waals surface area contributed by atoms with E-state index in [0.717, 1.165) is 30.2 Å². The summed E-state index contributed by atoms with van der Waals surface area (Å²) in [7, 11) is 1.64. The van der Waals surface area contributed by atoms with Crippen molar-refractivity contribution in [3.63, 3.8) is 0 Å². The van der Waals surface area contributed by atoms with Gasteiger partial charge in [0, 0.05) is 25.7 Å². The molecular formula is C22H31IN4O2. The number of amides is 1.